The number of pyridine rings is 1. The van der Waals surface area contributed by atoms with Gasteiger partial charge in [-0.1, -0.05) is 12.0 Å². The van der Waals surface area contributed by atoms with Gasteiger partial charge in [-0.25, -0.2) is 9.97 Å². The molecule has 0 aliphatic heterocycles. The van der Waals surface area contributed by atoms with Crippen molar-refractivity contribution in [3.8, 4) is 41.1 Å². The molecule has 0 amide bonds. The van der Waals surface area contributed by atoms with E-state index >= 15 is 0 Å². The van der Waals surface area contributed by atoms with Crippen LogP contribution in [-0.4, -0.2) is 32.3 Å². The van der Waals surface area contributed by atoms with Gasteiger partial charge in [0.05, 0.1) is 52.2 Å². The predicted octanol–water partition coefficient (Wildman–Crippen LogP) is 5.59. The quantitative estimate of drug-likeness (QED) is 0.247. The third kappa shape index (κ3) is 4.28. The van der Waals surface area contributed by atoms with Crippen LogP contribution in [0.5, 0.6) is 5.75 Å². The van der Waals surface area contributed by atoms with Gasteiger partial charge in [0, 0.05) is 16.2 Å². The highest BCUT2D eigenvalue weighted by Gasteiger charge is 2.23. The van der Waals surface area contributed by atoms with Crippen molar-refractivity contribution < 1.29 is 9.84 Å². The fourth-order valence-electron chi connectivity index (χ4n) is 4.53. The standard InChI is InChI=1S/C31H23N5O2/c1-31(2,37)13-12-21-8-10-24-27(34-21)25-14-22(38-17-18-6-7-18)9-11-23(25)28-29(24)36-30(35-28)26-19(15-32)4-3-5-20(26)16-33/h3-5,8-11,14,18,34,37H,6-7,17H2,1-2H3. The minimum atomic E-state index is -1.13. The minimum absolute atomic E-state index is 0.336. The molecule has 2 N–H and O–H groups in total. The van der Waals surface area contributed by atoms with Crippen molar-refractivity contribution in [2.45, 2.75) is 32.3 Å². The molecule has 0 saturated heterocycles. The zero-order valence-corrected chi connectivity index (χ0v) is 21.0. The molecule has 2 heterocycles. The Morgan fingerprint density at radius 3 is 2.32 bits per heavy atom. The zero-order chi connectivity index (χ0) is 26.4. The van der Waals surface area contributed by atoms with Crippen LogP contribution >= 0.6 is 0 Å². The van der Waals surface area contributed by atoms with Crippen LogP contribution in [0.15, 0.2) is 48.5 Å². The lowest BCUT2D eigenvalue weighted by atomic mass is 10.0. The van der Waals surface area contributed by atoms with Crippen LogP contribution in [0.1, 0.15) is 43.5 Å². The van der Waals surface area contributed by atoms with Gasteiger partial charge in [-0.15, -0.1) is 0 Å². The molecule has 0 atom stereocenters. The Bertz CT molecular complexity index is 1870. The van der Waals surface area contributed by atoms with E-state index in [1.54, 1.807) is 32.0 Å². The van der Waals surface area contributed by atoms with Crippen LogP contribution in [0, 0.1) is 40.4 Å². The largest absolute Gasteiger partial charge is 0.493 e. The van der Waals surface area contributed by atoms with Crippen molar-refractivity contribution in [3.05, 3.63) is 65.4 Å². The number of hydrogen-bond acceptors (Lipinski definition) is 6. The van der Waals surface area contributed by atoms with E-state index in [1.165, 1.54) is 12.8 Å². The third-order valence-electron chi connectivity index (χ3n) is 6.59. The Morgan fingerprint density at radius 2 is 1.66 bits per heavy atom. The van der Waals surface area contributed by atoms with Crippen molar-refractivity contribution >= 4 is 32.7 Å². The third-order valence-corrected chi connectivity index (χ3v) is 6.59. The summed E-state index contributed by atoms with van der Waals surface area (Å²) in [7, 11) is 0. The molecule has 0 unspecified atom stereocenters. The van der Waals surface area contributed by atoms with Crippen LogP contribution in [0.3, 0.4) is 0 Å². The number of imidazole rings is 1. The fourth-order valence-corrected chi connectivity index (χ4v) is 4.53. The van der Waals surface area contributed by atoms with E-state index in [2.05, 4.69) is 29.0 Å². The average Bonchev–Trinajstić information content (AvgIpc) is 3.65. The van der Waals surface area contributed by atoms with Gasteiger partial charge in [0.15, 0.2) is 5.82 Å². The Balaban J connectivity index is 1.63. The first-order valence-electron chi connectivity index (χ1n) is 12.4. The van der Waals surface area contributed by atoms with Crippen LogP contribution in [0.4, 0.5) is 0 Å². The van der Waals surface area contributed by atoms with Crippen molar-refractivity contribution in [1.29, 1.82) is 10.5 Å². The number of nitriles is 2. The molecule has 1 fully saturated rings. The Labute approximate surface area is 219 Å². The number of aliphatic hydroxyl groups is 1. The minimum Gasteiger partial charge on any atom is -0.493 e. The van der Waals surface area contributed by atoms with Crippen LogP contribution in [0.25, 0.3) is 44.1 Å². The van der Waals surface area contributed by atoms with Gasteiger partial charge in [-0.2, -0.15) is 10.5 Å². The summed E-state index contributed by atoms with van der Waals surface area (Å²) in [5.74, 6) is 7.60. The van der Waals surface area contributed by atoms with E-state index in [-0.39, 0.29) is 0 Å². The maximum absolute atomic E-state index is 10.1. The molecule has 5 aromatic rings. The lowest BCUT2D eigenvalue weighted by Crippen LogP contribution is -2.14. The van der Waals surface area contributed by atoms with E-state index < -0.39 is 5.60 Å². The highest BCUT2D eigenvalue weighted by atomic mass is 16.5. The zero-order valence-electron chi connectivity index (χ0n) is 21.0. The highest BCUT2D eigenvalue weighted by Crippen LogP contribution is 2.38. The Hall–Kier alpha value is -4.90. The molecule has 1 saturated carbocycles. The molecule has 38 heavy (non-hydrogen) atoms. The molecule has 0 spiro atoms. The van der Waals surface area contributed by atoms with Gasteiger partial charge in [-0.05, 0) is 81.0 Å². The smallest absolute Gasteiger partial charge is 0.163 e. The van der Waals surface area contributed by atoms with Crippen LogP contribution in [0.2, 0.25) is 0 Å². The second kappa shape index (κ2) is 8.89. The number of aromatic amines is 1. The maximum atomic E-state index is 10.1. The van der Waals surface area contributed by atoms with E-state index in [0.717, 1.165) is 27.4 Å². The highest BCUT2D eigenvalue weighted by molar-refractivity contribution is 6.22. The SMILES string of the molecule is CC(C)(O)C#Cc1ccc2c3nc(-c4c(C#N)cccc4C#N)nc3c3ccc(OCC4CC4)cc3c2[nH]1. The molecule has 6 rings (SSSR count). The van der Waals surface area contributed by atoms with E-state index in [9.17, 15) is 15.6 Å². The molecule has 184 valence electrons. The summed E-state index contributed by atoms with van der Waals surface area (Å²) in [6.45, 7) is 3.97. The van der Waals surface area contributed by atoms with Gasteiger partial charge >= 0.3 is 0 Å². The second-order valence-electron chi connectivity index (χ2n) is 10.1. The summed E-state index contributed by atoms with van der Waals surface area (Å²) in [6.07, 6.45) is 2.41. The van der Waals surface area contributed by atoms with E-state index in [0.29, 0.717) is 51.8 Å². The van der Waals surface area contributed by atoms with Crippen LogP contribution in [-0.2, 0) is 0 Å². The van der Waals surface area contributed by atoms with Gasteiger partial charge in [-0.3, -0.25) is 0 Å². The van der Waals surface area contributed by atoms with Crippen LogP contribution < -0.4 is 4.74 Å². The summed E-state index contributed by atoms with van der Waals surface area (Å²) in [5.41, 5.74) is 2.78. The molecule has 7 heteroatoms. The summed E-state index contributed by atoms with van der Waals surface area (Å²) < 4.78 is 6.07. The van der Waals surface area contributed by atoms with Gasteiger partial charge < -0.3 is 14.8 Å². The van der Waals surface area contributed by atoms with E-state index in [4.69, 9.17) is 14.7 Å². The number of benzene rings is 3. The molecule has 1 aliphatic rings. The number of ether oxygens (including phenoxy) is 1. The molecule has 0 bridgehead atoms. The van der Waals surface area contributed by atoms with E-state index in [1.807, 2.05) is 30.3 Å². The molecule has 1 aliphatic carbocycles. The van der Waals surface area contributed by atoms with Crippen molar-refractivity contribution in [2.24, 2.45) is 5.92 Å². The molecule has 7 nitrogen and oxygen atoms in total. The maximum Gasteiger partial charge on any atom is 0.163 e. The van der Waals surface area contributed by atoms with Crippen molar-refractivity contribution in [2.75, 3.05) is 6.61 Å². The van der Waals surface area contributed by atoms with Gasteiger partial charge in [0.2, 0.25) is 0 Å². The normalized spacial score (nSPS) is 13.2. The second-order valence-corrected chi connectivity index (χ2v) is 10.1. The number of rotatable bonds is 4. The molecule has 3 aromatic carbocycles. The fraction of sp³-hybridized carbons (Fsp3) is 0.226. The summed E-state index contributed by atoms with van der Waals surface area (Å²) in [4.78, 5) is 13.1. The molecular formula is C31H23N5O2. The summed E-state index contributed by atoms with van der Waals surface area (Å²) >= 11 is 0. The Kier molecular flexibility index (Phi) is 5.50. The van der Waals surface area contributed by atoms with Gasteiger partial charge in [0.1, 0.15) is 16.9 Å². The first kappa shape index (κ1) is 23.5. The van der Waals surface area contributed by atoms with Gasteiger partial charge in [0.25, 0.3) is 0 Å². The monoisotopic (exact) mass is 497 g/mol. The van der Waals surface area contributed by atoms with Crippen molar-refractivity contribution in [1.82, 2.24) is 15.0 Å². The number of H-pyrrole nitrogens is 1. The first-order valence-corrected chi connectivity index (χ1v) is 12.4. The number of nitrogens with zero attached hydrogens (tertiary/aromatic N) is 4. The molecule has 0 radical (unpaired) electrons. The average molecular weight is 498 g/mol. The Morgan fingerprint density at radius 1 is 0.974 bits per heavy atom. The number of hydrogen-bond donors (Lipinski definition) is 2. The predicted molar refractivity (Wildman–Crippen MR) is 145 cm³/mol. The topological polar surface area (TPSA) is 119 Å². The number of fused-ring (bicyclic) bond motifs is 6. The summed E-state index contributed by atoms with van der Waals surface area (Å²) in [5, 5.41) is 32.1. The summed E-state index contributed by atoms with van der Waals surface area (Å²) in [6, 6.07) is 19.0. The lowest BCUT2D eigenvalue weighted by molar-refractivity contribution is 0.143. The number of nitrogens with one attached hydrogen (secondary N) is 1. The number of aromatic nitrogens is 3. The molecule has 2 aromatic heterocycles. The first-order chi connectivity index (χ1) is 18.3. The van der Waals surface area contributed by atoms with Crippen molar-refractivity contribution in [3.63, 3.8) is 0 Å². The lowest BCUT2D eigenvalue weighted by Gasteiger charge is -2.10. The molecular weight excluding hydrogens is 474 g/mol.